The second kappa shape index (κ2) is 7.09. The summed E-state index contributed by atoms with van der Waals surface area (Å²) >= 11 is 1.56. The topological polar surface area (TPSA) is 89.1 Å². The number of nitrogens with one attached hydrogen (secondary N) is 2. The van der Waals surface area contributed by atoms with E-state index in [-0.39, 0.29) is 12.7 Å². The molecule has 2 heterocycles. The van der Waals surface area contributed by atoms with Gasteiger partial charge >= 0.3 is 0 Å². The number of carbonyl (C=O) groups excluding carboxylic acids is 1. The number of hydrogen-bond donors (Lipinski definition) is 2. The second-order valence-corrected chi connectivity index (χ2v) is 6.65. The summed E-state index contributed by atoms with van der Waals surface area (Å²) < 4.78 is 10.6. The minimum Gasteiger partial charge on any atom is -0.454 e. The maximum absolute atomic E-state index is 12.4. The highest BCUT2D eigenvalue weighted by Crippen LogP contribution is 2.32. The average Bonchev–Trinajstić information content (AvgIpc) is 3.29. The largest absolute Gasteiger partial charge is 0.454 e. The van der Waals surface area contributed by atoms with E-state index in [1.54, 1.807) is 30.0 Å². The lowest BCUT2D eigenvalue weighted by Crippen LogP contribution is -2.11. The zero-order valence-corrected chi connectivity index (χ0v) is 14.8. The normalized spacial score (nSPS) is 12.2. The van der Waals surface area contributed by atoms with E-state index in [4.69, 9.17) is 9.47 Å². The molecule has 1 aliphatic heterocycles. The molecule has 0 fully saturated rings. The molecule has 0 spiro atoms. The zero-order valence-electron chi connectivity index (χ0n) is 14.0. The number of hydrogen-bond acceptors (Lipinski definition) is 6. The number of thioether (sulfide) groups is 1. The van der Waals surface area contributed by atoms with E-state index in [1.807, 2.05) is 31.2 Å². The summed E-state index contributed by atoms with van der Waals surface area (Å²) in [6.07, 6.45) is 0. The van der Waals surface area contributed by atoms with Crippen molar-refractivity contribution in [1.29, 1.82) is 0 Å². The van der Waals surface area contributed by atoms with E-state index in [0.717, 1.165) is 28.0 Å². The number of rotatable bonds is 5. The molecule has 3 aromatic rings. The lowest BCUT2D eigenvalue weighted by atomic mass is 10.1. The van der Waals surface area contributed by atoms with Crippen LogP contribution in [-0.2, 0) is 5.75 Å². The summed E-state index contributed by atoms with van der Waals surface area (Å²) in [4.78, 5) is 16.6. The quantitative estimate of drug-likeness (QED) is 0.671. The third kappa shape index (κ3) is 3.65. The van der Waals surface area contributed by atoms with E-state index in [1.165, 1.54) is 0 Å². The molecule has 0 atom stereocenters. The molecule has 1 aromatic heterocycles. The molecule has 0 radical (unpaired) electrons. The van der Waals surface area contributed by atoms with Gasteiger partial charge in [0.1, 0.15) is 5.82 Å². The van der Waals surface area contributed by atoms with Crippen LogP contribution in [0.25, 0.3) is 0 Å². The molecule has 7 nitrogen and oxygen atoms in total. The summed E-state index contributed by atoms with van der Waals surface area (Å²) in [6, 6.07) is 12.8. The molecule has 0 unspecified atom stereocenters. The zero-order chi connectivity index (χ0) is 17.9. The first-order valence-electron chi connectivity index (χ1n) is 7.99. The van der Waals surface area contributed by atoms with Gasteiger partial charge in [0, 0.05) is 17.0 Å². The van der Waals surface area contributed by atoms with Crippen LogP contribution in [0.3, 0.4) is 0 Å². The number of nitrogens with zero attached hydrogens (tertiary/aromatic N) is 2. The fourth-order valence-electron chi connectivity index (χ4n) is 2.46. The van der Waals surface area contributed by atoms with Crippen LogP contribution in [0.15, 0.2) is 47.6 Å². The Hall–Kier alpha value is -3.00. The minimum absolute atomic E-state index is 0.188. The maximum Gasteiger partial charge on any atom is 0.255 e. The number of aromatic nitrogens is 3. The maximum atomic E-state index is 12.4. The molecule has 2 N–H and O–H groups in total. The first kappa shape index (κ1) is 16.5. The molecule has 0 saturated heterocycles. The second-order valence-electron chi connectivity index (χ2n) is 5.71. The average molecular weight is 368 g/mol. The van der Waals surface area contributed by atoms with Crippen LogP contribution in [-0.4, -0.2) is 27.9 Å². The molecule has 1 aliphatic rings. The Morgan fingerprint density at radius 1 is 1.19 bits per heavy atom. The highest BCUT2D eigenvalue weighted by Gasteiger charge is 2.16. The smallest absolute Gasteiger partial charge is 0.255 e. The van der Waals surface area contributed by atoms with Gasteiger partial charge in [0.15, 0.2) is 11.5 Å². The van der Waals surface area contributed by atoms with Crippen molar-refractivity contribution in [3.05, 3.63) is 59.4 Å². The molecular weight excluding hydrogens is 352 g/mol. The van der Waals surface area contributed by atoms with Crippen molar-refractivity contribution in [2.75, 3.05) is 12.1 Å². The van der Waals surface area contributed by atoms with Crippen molar-refractivity contribution in [2.24, 2.45) is 0 Å². The van der Waals surface area contributed by atoms with E-state index in [0.29, 0.717) is 17.1 Å². The van der Waals surface area contributed by atoms with Crippen LogP contribution in [0.1, 0.15) is 21.7 Å². The van der Waals surface area contributed by atoms with Gasteiger partial charge in [-0.3, -0.25) is 9.89 Å². The van der Waals surface area contributed by atoms with Crippen LogP contribution in [0.5, 0.6) is 11.5 Å². The van der Waals surface area contributed by atoms with E-state index in [2.05, 4.69) is 20.5 Å². The molecule has 132 valence electrons. The Bertz CT molecular complexity index is 940. The van der Waals surface area contributed by atoms with Crippen LogP contribution in [0, 0.1) is 6.92 Å². The predicted molar refractivity (Wildman–Crippen MR) is 97.6 cm³/mol. The SMILES string of the molecule is Cc1nc(SCc2ccc(NC(=O)c3ccc4c(c3)OCO4)cc2)n[nH]1. The first-order valence-corrected chi connectivity index (χ1v) is 8.98. The van der Waals surface area contributed by atoms with Crippen LogP contribution in [0.4, 0.5) is 5.69 Å². The van der Waals surface area contributed by atoms with Crippen molar-refractivity contribution >= 4 is 23.4 Å². The van der Waals surface area contributed by atoms with Crippen LogP contribution in [0.2, 0.25) is 0 Å². The minimum atomic E-state index is -0.193. The van der Waals surface area contributed by atoms with Crippen LogP contribution < -0.4 is 14.8 Å². The lowest BCUT2D eigenvalue weighted by Gasteiger charge is -2.07. The van der Waals surface area contributed by atoms with E-state index >= 15 is 0 Å². The molecular formula is C18H16N4O3S. The van der Waals surface area contributed by atoms with Gasteiger partial charge in [-0.15, -0.1) is 5.10 Å². The van der Waals surface area contributed by atoms with Crippen molar-refractivity contribution in [1.82, 2.24) is 15.2 Å². The van der Waals surface area contributed by atoms with E-state index < -0.39 is 0 Å². The van der Waals surface area contributed by atoms with Gasteiger partial charge < -0.3 is 14.8 Å². The Kier molecular flexibility index (Phi) is 4.49. The van der Waals surface area contributed by atoms with Gasteiger partial charge in [-0.25, -0.2) is 4.98 Å². The number of fused-ring (bicyclic) bond motifs is 1. The molecule has 26 heavy (non-hydrogen) atoms. The fourth-order valence-corrected chi connectivity index (χ4v) is 3.26. The lowest BCUT2D eigenvalue weighted by molar-refractivity contribution is 0.102. The van der Waals surface area contributed by atoms with Gasteiger partial charge in [-0.2, -0.15) is 0 Å². The third-order valence-electron chi connectivity index (χ3n) is 3.79. The van der Waals surface area contributed by atoms with Gasteiger partial charge in [-0.05, 0) is 42.8 Å². The molecule has 0 saturated carbocycles. The number of ether oxygens (including phenoxy) is 2. The number of benzene rings is 2. The van der Waals surface area contributed by atoms with Gasteiger partial charge in [-0.1, -0.05) is 23.9 Å². The standard InChI is InChI=1S/C18H16N4O3S/c1-11-19-18(22-21-11)26-9-12-2-5-14(6-3-12)20-17(23)13-4-7-15-16(8-13)25-10-24-15/h2-8H,9-10H2,1H3,(H,20,23)(H,19,21,22). The number of amides is 1. The molecule has 8 heteroatoms. The van der Waals surface area contributed by atoms with Crippen molar-refractivity contribution in [3.63, 3.8) is 0 Å². The number of H-pyrrole nitrogens is 1. The highest BCUT2D eigenvalue weighted by molar-refractivity contribution is 7.98. The number of carbonyl (C=O) groups is 1. The van der Waals surface area contributed by atoms with Crippen molar-refractivity contribution < 1.29 is 14.3 Å². The molecule has 1 amide bonds. The van der Waals surface area contributed by atoms with Crippen molar-refractivity contribution in [2.45, 2.75) is 17.8 Å². The third-order valence-corrected chi connectivity index (χ3v) is 4.71. The Morgan fingerprint density at radius 2 is 2.00 bits per heavy atom. The monoisotopic (exact) mass is 368 g/mol. The summed E-state index contributed by atoms with van der Waals surface area (Å²) in [5.41, 5.74) is 2.38. The number of anilines is 1. The molecule has 0 aliphatic carbocycles. The summed E-state index contributed by atoms with van der Waals surface area (Å²) in [5.74, 6) is 2.61. The highest BCUT2D eigenvalue weighted by atomic mass is 32.2. The van der Waals surface area contributed by atoms with Crippen molar-refractivity contribution in [3.8, 4) is 11.5 Å². The van der Waals surface area contributed by atoms with Gasteiger partial charge in [0.25, 0.3) is 5.91 Å². The number of aromatic amines is 1. The molecule has 2 aromatic carbocycles. The Balaban J connectivity index is 1.37. The van der Waals surface area contributed by atoms with Crippen LogP contribution >= 0.6 is 11.8 Å². The van der Waals surface area contributed by atoms with Gasteiger partial charge in [0.05, 0.1) is 0 Å². The summed E-state index contributed by atoms with van der Waals surface area (Å²) in [6.45, 7) is 2.06. The summed E-state index contributed by atoms with van der Waals surface area (Å²) in [7, 11) is 0. The fraction of sp³-hybridized carbons (Fsp3) is 0.167. The van der Waals surface area contributed by atoms with E-state index in [9.17, 15) is 4.79 Å². The predicted octanol–water partition coefficient (Wildman–Crippen LogP) is 3.39. The molecule has 0 bridgehead atoms. The van der Waals surface area contributed by atoms with Gasteiger partial charge in [0.2, 0.25) is 11.9 Å². The first-order chi connectivity index (χ1) is 12.7. The summed E-state index contributed by atoms with van der Waals surface area (Å²) in [5, 5.41) is 10.5. The molecule has 4 rings (SSSR count). The number of aryl methyl sites for hydroxylation is 1. The Labute approximate surface area is 154 Å². The Morgan fingerprint density at radius 3 is 2.77 bits per heavy atom.